The lowest BCUT2D eigenvalue weighted by Gasteiger charge is -2.33. The van der Waals surface area contributed by atoms with Crippen molar-refractivity contribution in [3.05, 3.63) is 23.9 Å². The third-order valence-electron chi connectivity index (χ3n) is 3.57. The summed E-state index contributed by atoms with van der Waals surface area (Å²) in [5.41, 5.74) is 1.21. The number of nitrogens with one attached hydrogen (secondary N) is 1. The van der Waals surface area contributed by atoms with Crippen molar-refractivity contribution in [2.24, 2.45) is 5.92 Å². The zero-order valence-electron chi connectivity index (χ0n) is 11.1. The zero-order valence-corrected chi connectivity index (χ0v) is 11.1. The summed E-state index contributed by atoms with van der Waals surface area (Å²) in [6.07, 6.45) is 5.29. The average molecular weight is 249 g/mol. The van der Waals surface area contributed by atoms with E-state index in [2.05, 4.69) is 27.3 Å². The van der Waals surface area contributed by atoms with Gasteiger partial charge in [0.1, 0.15) is 5.82 Å². The Labute approximate surface area is 109 Å². The van der Waals surface area contributed by atoms with Gasteiger partial charge in [-0.2, -0.15) is 0 Å². The van der Waals surface area contributed by atoms with Crippen LogP contribution >= 0.6 is 0 Å². The second-order valence-electron chi connectivity index (χ2n) is 5.02. The molecule has 0 radical (unpaired) electrons. The highest BCUT2D eigenvalue weighted by Crippen LogP contribution is 2.23. The van der Waals surface area contributed by atoms with Gasteiger partial charge in [0, 0.05) is 32.4 Å². The fraction of sp³-hybridized carbons (Fsp3) is 0.643. The summed E-state index contributed by atoms with van der Waals surface area (Å²) in [7, 11) is 1.94. The van der Waals surface area contributed by atoms with Crippen LogP contribution in [-0.4, -0.2) is 36.8 Å². The van der Waals surface area contributed by atoms with Gasteiger partial charge in [-0.15, -0.1) is 0 Å². The van der Waals surface area contributed by atoms with Crippen molar-refractivity contribution in [1.82, 2.24) is 10.3 Å². The van der Waals surface area contributed by atoms with Gasteiger partial charge in [-0.25, -0.2) is 4.98 Å². The molecule has 18 heavy (non-hydrogen) atoms. The Kier molecular flexibility index (Phi) is 4.96. The Balaban J connectivity index is 1.97. The maximum absolute atomic E-state index is 9.03. The minimum Gasteiger partial charge on any atom is -0.396 e. The van der Waals surface area contributed by atoms with Crippen LogP contribution in [0.1, 0.15) is 24.8 Å². The molecule has 1 unspecified atom stereocenters. The molecule has 0 aliphatic carbocycles. The molecule has 4 heteroatoms. The number of pyridine rings is 1. The van der Waals surface area contributed by atoms with Crippen molar-refractivity contribution in [3.63, 3.8) is 0 Å². The van der Waals surface area contributed by atoms with Crippen molar-refractivity contribution < 1.29 is 5.11 Å². The van der Waals surface area contributed by atoms with Crippen LogP contribution in [0.3, 0.4) is 0 Å². The van der Waals surface area contributed by atoms with Crippen molar-refractivity contribution in [1.29, 1.82) is 0 Å². The molecule has 1 aromatic heterocycles. The number of hydrogen-bond donors (Lipinski definition) is 2. The van der Waals surface area contributed by atoms with Crippen LogP contribution in [0.25, 0.3) is 0 Å². The third-order valence-corrected chi connectivity index (χ3v) is 3.57. The molecule has 4 nitrogen and oxygen atoms in total. The maximum Gasteiger partial charge on any atom is 0.128 e. The van der Waals surface area contributed by atoms with E-state index in [1.54, 1.807) is 0 Å². The average Bonchev–Trinajstić information content (AvgIpc) is 2.41. The molecule has 1 fully saturated rings. The number of anilines is 1. The Morgan fingerprint density at radius 2 is 2.39 bits per heavy atom. The molecule has 0 aromatic carbocycles. The van der Waals surface area contributed by atoms with Gasteiger partial charge in [0.25, 0.3) is 0 Å². The lowest BCUT2D eigenvalue weighted by atomic mass is 9.95. The fourth-order valence-electron chi connectivity index (χ4n) is 2.60. The Bertz CT molecular complexity index is 351. The number of aromatic nitrogens is 1. The van der Waals surface area contributed by atoms with Crippen molar-refractivity contribution in [2.75, 3.05) is 31.6 Å². The monoisotopic (exact) mass is 249 g/mol. The first-order chi connectivity index (χ1) is 8.83. The highest BCUT2D eigenvalue weighted by atomic mass is 16.3. The molecular formula is C14H23N3O. The summed E-state index contributed by atoms with van der Waals surface area (Å²) in [4.78, 5) is 6.88. The van der Waals surface area contributed by atoms with Gasteiger partial charge in [-0.05, 0) is 43.9 Å². The standard InChI is InChI=1S/C14H23N3O/c1-15-9-13-4-5-14(16-10-13)17-7-2-3-12(11-17)6-8-18/h4-5,10,12,15,18H,2-3,6-9,11H2,1H3. The van der Waals surface area contributed by atoms with Gasteiger partial charge < -0.3 is 15.3 Å². The molecule has 0 saturated carbocycles. The van der Waals surface area contributed by atoms with Crippen LogP contribution in [0.5, 0.6) is 0 Å². The molecule has 0 spiro atoms. The first-order valence-electron chi connectivity index (χ1n) is 6.79. The van der Waals surface area contributed by atoms with Gasteiger partial charge in [0.2, 0.25) is 0 Å². The predicted molar refractivity (Wildman–Crippen MR) is 73.6 cm³/mol. The molecule has 100 valence electrons. The number of aliphatic hydroxyl groups is 1. The molecule has 1 saturated heterocycles. The summed E-state index contributed by atoms with van der Waals surface area (Å²) in [6, 6.07) is 4.24. The van der Waals surface area contributed by atoms with Crippen molar-refractivity contribution >= 4 is 5.82 Å². The molecule has 2 N–H and O–H groups in total. The topological polar surface area (TPSA) is 48.4 Å². The van der Waals surface area contributed by atoms with E-state index >= 15 is 0 Å². The summed E-state index contributed by atoms with van der Waals surface area (Å²) in [5.74, 6) is 1.68. The van der Waals surface area contributed by atoms with E-state index in [0.717, 1.165) is 31.9 Å². The first kappa shape index (κ1) is 13.3. The van der Waals surface area contributed by atoms with E-state index in [0.29, 0.717) is 12.5 Å². The van der Waals surface area contributed by atoms with E-state index in [4.69, 9.17) is 5.11 Å². The minimum atomic E-state index is 0.299. The lowest BCUT2D eigenvalue weighted by Crippen LogP contribution is -2.36. The summed E-state index contributed by atoms with van der Waals surface area (Å²) in [5, 5.41) is 12.2. The number of nitrogens with zero attached hydrogens (tertiary/aromatic N) is 2. The largest absolute Gasteiger partial charge is 0.396 e. The van der Waals surface area contributed by atoms with Gasteiger partial charge in [-0.3, -0.25) is 0 Å². The van der Waals surface area contributed by atoms with Crippen molar-refractivity contribution in [2.45, 2.75) is 25.8 Å². The molecule has 0 bridgehead atoms. The smallest absolute Gasteiger partial charge is 0.128 e. The Hall–Kier alpha value is -1.13. The maximum atomic E-state index is 9.03. The van der Waals surface area contributed by atoms with Gasteiger partial charge in [0.15, 0.2) is 0 Å². The van der Waals surface area contributed by atoms with Gasteiger partial charge >= 0.3 is 0 Å². The number of aliphatic hydroxyl groups excluding tert-OH is 1. The summed E-state index contributed by atoms with van der Waals surface area (Å²) >= 11 is 0. The van der Waals surface area contributed by atoms with Crippen LogP contribution in [0.4, 0.5) is 5.82 Å². The number of hydrogen-bond acceptors (Lipinski definition) is 4. The normalized spacial score (nSPS) is 20.1. The second-order valence-corrected chi connectivity index (χ2v) is 5.02. The molecule has 2 heterocycles. The zero-order chi connectivity index (χ0) is 12.8. The second kappa shape index (κ2) is 6.71. The molecular weight excluding hydrogens is 226 g/mol. The molecule has 1 aliphatic heterocycles. The minimum absolute atomic E-state index is 0.299. The Morgan fingerprint density at radius 1 is 1.50 bits per heavy atom. The first-order valence-corrected chi connectivity index (χ1v) is 6.79. The predicted octanol–water partition coefficient (Wildman–Crippen LogP) is 1.40. The van der Waals surface area contributed by atoms with Crippen LogP contribution in [0, 0.1) is 5.92 Å². The van der Waals surface area contributed by atoms with Crippen LogP contribution < -0.4 is 10.2 Å². The van der Waals surface area contributed by atoms with Gasteiger partial charge in [-0.1, -0.05) is 6.07 Å². The van der Waals surface area contributed by atoms with E-state index in [1.165, 1.54) is 18.4 Å². The summed E-state index contributed by atoms with van der Waals surface area (Å²) < 4.78 is 0. The number of rotatable bonds is 5. The molecule has 1 aromatic rings. The van der Waals surface area contributed by atoms with Crippen molar-refractivity contribution in [3.8, 4) is 0 Å². The highest BCUT2D eigenvalue weighted by molar-refractivity contribution is 5.39. The third kappa shape index (κ3) is 3.43. The quantitative estimate of drug-likeness (QED) is 0.828. The molecule has 2 rings (SSSR count). The van der Waals surface area contributed by atoms with E-state index in [9.17, 15) is 0 Å². The summed E-state index contributed by atoms with van der Waals surface area (Å²) in [6.45, 7) is 3.27. The van der Waals surface area contributed by atoms with Crippen LogP contribution in [0.15, 0.2) is 18.3 Å². The number of piperidine rings is 1. The van der Waals surface area contributed by atoms with Gasteiger partial charge in [0.05, 0.1) is 0 Å². The highest BCUT2D eigenvalue weighted by Gasteiger charge is 2.20. The van der Waals surface area contributed by atoms with Crippen LogP contribution in [-0.2, 0) is 6.54 Å². The van der Waals surface area contributed by atoms with Crippen LogP contribution in [0.2, 0.25) is 0 Å². The SMILES string of the molecule is CNCc1ccc(N2CCCC(CCO)C2)nc1. The molecule has 0 amide bonds. The van der Waals surface area contributed by atoms with E-state index in [-0.39, 0.29) is 0 Å². The fourth-order valence-corrected chi connectivity index (χ4v) is 2.60. The lowest BCUT2D eigenvalue weighted by molar-refractivity contribution is 0.244. The van der Waals surface area contributed by atoms with E-state index < -0.39 is 0 Å². The Morgan fingerprint density at radius 3 is 3.06 bits per heavy atom. The molecule has 1 aliphatic rings. The van der Waals surface area contributed by atoms with E-state index in [1.807, 2.05) is 13.2 Å². The molecule has 1 atom stereocenters.